The maximum atomic E-state index is 12.0. The number of hydrogen-bond acceptors (Lipinski definition) is 3. The SMILES string of the molecule is CC1(C)Oc2ccc(NC(=O)NCCC3=CCCCC3)cc2O1. The Balaban J connectivity index is 1.48. The predicted octanol–water partition coefficient (Wildman–Crippen LogP) is 4.21. The highest BCUT2D eigenvalue weighted by molar-refractivity contribution is 5.89. The maximum absolute atomic E-state index is 12.0. The zero-order valence-electron chi connectivity index (χ0n) is 13.8. The summed E-state index contributed by atoms with van der Waals surface area (Å²) in [6, 6.07) is 5.21. The van der Waals surface area contributed by atoms with Crippen molar-refractivity contribution < 1.29 is 14.3 Å². The van der Waals surface area contributed by atoms with Gasteiger partial charge in [0.05, 0.1) is 0 Å². The molecule has 2 aliphatic rings. The molecule has 1 aliphatic carbocycles. The Bertz CT molecular complexity index is 623. The van der Waals surface area contributed by atoms with Crippen molar-refractivity contribution >= 4 is 11.7 Å². The van der Waals surface area contributed by atoms with Gasteiger partial charge in [0.25, 0.3) is 0 Å². The molecular formula is C18H24N2O3. The molecule has 2 amide bonds. The fourth-order valence-electron chi connectivity index (χ4n) is 2.94. The summed E-state index contributed by atoms with van der Waals surface area (Å²) >= 11 is 0. The second-order valence-electron chi connectivity index (χ2n) is 6.50. The van der Waals surface area contributed by atoms with E-state index in [0.29, 0.717) is 23.7 Å². The fourth-order valence-corrected chi connectivity index (χ4v) is 2.94. The summed E-state index contributed by atoms with van der Waals surface area (Å²) in [5.74, 6) is 0.696. The lowest BCUT2D eigenvalue weighted by Crippen LogP contribution is -2.30. The van der Waals surface area contributed by atoms with Crippen LogP contribution in [0.4, 0.5) is 10.5 Å². The molecular weight excluding hydrogens is 292 g/mol. The minimum Gasteiger partial charge on any atom is -0.449 e. The molecule has 0 bridgehead atoms. The number of anilines is 1. The normalized spacial score (nSPS) is 18.3. The molecule has 0 saturated carbocycles. The summed E-state index contributed by atoms with van der Waals surface area (Å²) in [4.78, 5) is 12.0. The van der Waals surface area contributed by atoms with Gasteiger partial charge in [-0.1, -0.05) is 11.6 Å². The number of allylic oxidation sites excluding steroid dienone is 1. The Hall–Kier alpha value is -2.17. The van der Waals surface area contributed by atoms with E-state index in [2.05, 4.69) is 16.7 Å². The third-order valence-corrected chi connectivity index (χ3v) is 4.03. The van der Waals surface area contributed by atoms with E-state index < -0.39 is 5.79 Å². The van der Waals surface area contributed by atoms with E-state index in [9.17, 15) is 4.79 Å². The lowest BCUT2D eigenvalue weighted by atomic mass is 9.97. The van der Waals surface area contributed by atoms with Crippen molar-refractivity contribution in [2.24, 2.45) is 0 Å². The molecule has 0 radical (unpaired) electrons. The topological polar surface area (TPSA) is 59.6 Å². The van der Waals surface area contributed by atoms with Crippen LogP contribution in [0.2, 0.25) is 0 Å². The van der Waals surface area contributed by atoms with E-state index in [1.165, 1.54) is 31.3 Å². The summed E-state index contributed by atoms with van der Waals surface area (Å²) in [7, 11) is 0. The summed E-state index contributed by atoms with van der Waals surface area (Å²) in [5, 5.41) is 5.73. The van der Waals surface area contributed by atoms with Gasteiger partial charge in [-0.25, -0.2) is 4.79 Å². The average Bonchev–Trinajstić information content (AvgIpc) is 2.81. The van der Waals surface area contributed by atoms with Crippen molar-refractivity contribution in [2.45, 2.75) is 51.7 Å². The van der Waals surface area contributed by atoms with Crippen molar-refractivity contribution in [1.29, 1.82) is 0 Å². The minimum atomic E-state index is -0.656. The van der Waals surface area contributed by atoms with Gasteiger partial charge >= 0.3 is 6.03 Å². The molecule has 2 N–H and O–H groups in total. The highest BCUT2D eigenvalue weighted by Crippen LogP contribution is 2.40. The second kappa shape index (κ2) is 6.52. The number of carbonyl (C=O) groups excluding carboxylic acids is 1. The first-order chi connectivity index (χ1) is 11.0. The molecule has 1 aliphatic heterocycles. The van der Waals surface area contributed by atoms with Crippen LogP contribution in [0.1, 0.15) is 46.0 Å². The zero-order chi connectivity index (χ0) is 16.3. The summed E-state index contributed by atoms with van der Waals surface area (Å²) in [6.07, 6.45) is 8.14. The first kappa shape index (κ1) is 15.7. The Morgan fingerprint density at radius 2 is 2.04 bits per heavy atom. The molecule has 23 heavy (non-hydrogen) atoms. The van der Waals surface area contributed by atoms with Crippen LogP contribution >= 0.6 is 0 Å². The van der Waals surface area contributed by atoms with Crippen LogP contribution in [0.15, 0.2) is 29.8 Å². The lowest BCUT2D eigenvalue weighted by molar-refractivity contribution is -0.0431. The minimum absolute atomic E-state index is 0.195. The average molecular weight is 316 g/mol. The van der Waals surface area contributed by atoms with E-state index in [-0.39, 0.29) is 6.03 Å². The maximum Gasteiger partial charge on any atom is 0.319 e. The molecule has 5 nitrogen and oxygen atoms in total. The molecule has 1 heterocycles. The lowest BCUT2D eigenvalue weighted by Gasteiger charge is -2.16. The summed E-state index contributed by atoms with van der Waals surface area (Å²) in [6.45, 7) is 4.37. The van der Waals surface area contributed by atoms with Crippen LogP contribution in [0.5, 0.6) is 11.5 Å². The quantitative estimate of drug-likeness (QED) is 0.818. The van der Waals surface area contributed by atoms with Crippen LogP contribution in [0.3, 0.4) is 0 Å². The molecule has 0 atom stereocenters. The number of benzene rings is 1. The van der Waals surface area contributed by atoms with Gasteiger partial charge in [0.15, 0.2) is 11.5 Å². The van der Waals surface area contributed by atoms with Crippen molar-refractivity contribution in [3.05, 3.63) is 29.8 Å². The monoisotopic (exact) mass is 316 g/mol. The molecule has 0 spiro atoms. The van der Waals surface area contributed by atoms with Gasteiger partial charge in [0.2, 0.25) is 5.79 Å². The van der Waals surface area contributed by atoms with Gasteiger partial charge in [-0.2, -0.15) is 0 Å². The van der Waals surface area contributed by atoms with Crippen LogP contribution in [0.25, 0.3) is 0 Å². The largest absolute Gasteiger partial charge is 0.449 e. The fraction of sp³-hybridized carbons (Fsp3) is 0.500. The first-order valence-corrected chi connectivity index (χ1v) is 8.27. The number of carbonyl (C=O) groups is 1. The van der Waals surface area contributed by atoms with Crippen molar-refractivity contribution in [1.82, 2.24) is 5.32 Å². The second-order valence-corrected chi connectivity index (χ2v) is 6.50. The molecule has 3 rings (SSSR count). The summed E-state index contributed by atoms with van der Waals surface area (Å²) in [5.41, 5.74) is 2.15. The Labute approximate surface area is 137 Å². The van der Waals surface area contributed by atoms with E-state index in [1.807, 2.05) is 26.0 Å². The van der Waals surface area contributed by atoms with E-state index in [0.717, 1.165) is 6.42 Å². The van der Waals surface area contributed by atoms with E-state index >= 15 is 0 Å². The van der Waals surface area contributed by atoms with E-state index in [4.69, 9.17) is 9.47 Å². The third kappa shape index (κ3) is 4.18. The van der Waals surface area contributed by atoms with Gasteiger partial charge in [-0.05, 0) is 44.2 Å². The molecule has 0 unspecified atom stereocenters. The van der Waals surface area contributed by atoms with Crippen LogP contribution in [0, 0.1) is 0 Å². The number of ether oxygens (including phenoxy) is 2. The Morgan fingerprint density at radius 3 is 2.83 bits per heavy atom. The number of rotatable bonds is 4. The van der Waals surface area contributed by atoms with Gasteiger partial charge in [-0.15, -0.1) is 0 Å². The molecule has 1 aromatic rings. The smallest absolute Gasteiger partial charge is 0.319 e. The van der Waals surface area contributed by atoms with Crippen molar-refractivity contribution in [3.63, 3.8) is 0 Å². The zero-order valence-corrected chi connectivity index (χ0v) is 13.8. The molecule has 0 saturated heterocycles. The molecule has 124 valence electrons. The van der Waals surface area contributed by atoms with Crippen LogP contribution in [-0.2, 0) is 0 Å². The number of urea groups is 1. The van der Waals surface area contributed by atoms with Crippen LogP contribution < -0.4 is 20.1 Å². The standard InChI is InChI=1S/C18H24N2O3/c1-18(2)22-15-9-8-14(12-16(15)23-18)20-17(21)19-11-10-13-6-4-3-5-7-13/h6,8-9,12H,3-5,7,10-11H2,1-2H3,(H2,19,20,21). The van der Waals surface area contributed by atoms with Gasteiger partial charge in [0.1, 0.15) is 0 Å². The highest BCUT2D eigenvalue weighted by atomic mass is 16.7. The first-order valence-electron chi connectivity index (χ1n) is 8.27. The molecule has 5 heteroatoms. The Kier molecular flexibility index (Phi) is 4.46. The number of fused-ring (bicyclic) bond motifs is 1. The van der Waals surface area contributed by atoms with Crippen molar-refractivity contribution in [3.8, 4) is 11.5 Å². The van der Waals surface area contributed by atoms with Gasteiger partial charge in [-0.3, -0.25) is 0 Å². The molecule has 0 fully saturated rings. The van der Waals surface area contributed by atoms with Gasteiger partial charge < -0.3 is 20.1 Å². The van der Waals surface area contributed by atoms with E-state index in [1.54, 1.807) is 6.07 Å². The molecule has 0 aromatic heterocycles. The van der Waals surface area contributed by atoms with Crippen LogP contribution in [-0.4, -0.2) is 18.4 Å². The predicted molar refractivity (Wildman–Crippen MR) is 90.0 cm³/mol. The highest BCUT2D eigenvalue weighted by Gasteiger charge is 2.31. The van der Waals surface area contributed by atoms with Crippen molar-refractivity contribution in [2.75, 3.05) is 11.9 Å². The molecule has 1 aromatic carbocycles. The third-order valence-electron chi connectivity index (χ3n) is 4.03. The number of amides is 2. The Morgan fingerprint density at radius 1 is 1.22 bits per heavy atom. The summed E-state index contributed by atoms with van der Waals surface area (Å²) < 4.78 is 11.3. The number of hydrogen-bond donors (Lipinski definition) is 2. The van der Waals surface area contributed by atoms with Gasteiger partial charge in [0, 0.05) is 32.1 Å². The number of nitrogens with one attached hydrogen (secondary N) is 2.